The number of rotatable bonds is 11. The number of alkyl carbamates (subject to hydrolysis) is 1. The van der Waals surface area contributed by atoms with Gasteiger partial charge in [-0.2, -0.15) is 0 Å². The number of hydrogen-bond acceptors (Lipinski definition) is 7. The first-order chi connectivity index (χ1) is 15.5. The fourth-order valence-electron chi connectivity index (χ4n) is 2.84. The molecule has 1 unspecified atom stereocenters. The lowest BCUT2D eigenvalue weighted by atomic mass is 10.0. The minimum absolute atomic E-state index is 0.0198. The van der Waals surface area contributed by atoms with Gasteiger partial charge in [-0.05, 0) is 33.8 Å². The van der Waals surface area contributed by atoms with Crippen LogP contribution in [-0.4, -0.2) is 65.7 Å². The van der Waals surface area contributed by atoms with Crippen LogP contribution >= 0.6 is 0 Å². The van der Waals surface area contributed by atoms with Gasteiger partial charge in [0.15, 0.2) is 0 Å². The molecule has 0 saturated carbocycles. The standard InChI is InChI=1S/C23H33N3O7/c1-6-14-26(18(28)15-25-22(31)33-23(3,4)5)20(16-10-8-9-11-17(16)27)21(30)24-13-12-19(29)32-7-2/h6,8-11,20,27H,1,7,12-15H2,2-5H3,(H,24,30)(H,25,31). The Morgan fingerprint density at radius 1 is 1.18 bits per heavy atom. The van der Waals surface area contributed by atoms with Gasteiger partial charge >= 0.3 is 12.1 Å². The van der Waals surface area contributed by atoms with Crippen molar-refractivity contribution < 1.29 is 33.8 Å². The molecule has 0 bridgehead atoms. The van der Waals surface area contributed by atoms with Crippen LogP contribution in [0.3, 0.4) is 0 Å². The summed E-state index contributed by atoms with van der Waals surface area (Å²) in [7, 11) is 0. The molecule has 0 aliphatic heterocycles. The highest BCUT2D eigenvalue weighted by Gasteiger charge is 2.32. The van der Waals surface area contributed by atoms with Crippen LogP contribution in [0, 0.1) is 0 Å². The van der Waals surface area contributed by atoms with Crippen LogP contribution in [-0.2, 0) is 23.9 Å². The monoisotopic (exact) mass is 463 g/mol. The molecule has 1 atom stereocenters. The molecule has 10 nitrogen and oxygen atoms in total. The molecule has 0 aliphatic carbocycles. The van der Waals surface area contributed by atoms with E-state index in [2.05, 4.69) is 17.2 Å². The fourth-order valence-corrected chi connectivity index (χ4v) is 2.84. The third kappa shape index (κ3) is 9.63. The average Bonchev–Trinajstić information content (AvgIpc) is 2.72. The van der Waals surface area contributed by atoms with Crippen LogP contribution in [0.1, 0.15) is 45.7 Å². The number of nitrogens with zero attached hydrogens (tertiary/aromatic N) is 1. The van der Waals surface area contributed by atoms with Crippen molar-refractivity contribution >= 4 is 23.9 Å². The van der Waals surface area contributed by atoms with E-state index in [0.717, 1.165) is 0 Å². The number of aromatic hydroxyl groups is 1. The highest BCUT2D eigenvalue weighted by Crippen LogP contribution is 2.29. The molecule has 10 heteroatoms. The molecule has 3 N–H and O–H groups in total. The average molecular weight is 464 g/mol. The van der Waals surface area contributed by atoms with E-state index in [1.807, 2.05) is 0 Å². The zero-order valence-electron chi connectivity index (χ0n) is 19.6. The Balaban J connectivity index is 3.08. The first-order valence-corrected chi connectivity index (χ1v) is 10.6. The molecule has 1 aromatic carbocycles. The number of para-hydroxylation sites is 1. The van der Waals surface area contributed by atoms with Crippen molar-refractivity contribution in [2.24, 2.45) is 0 Å². The number of amides is 3. The number of phenols is 1. The summed E-state index contributed by atoms with van der Waals surface area (Å²) in [6, 6.07) is 4.86. The minimum atomic E-state index is -1.24. The predicted molar refractivity (Wildman–Crippen MR) is 121 cm³/mol. The van der Waals surface area contributed by atoms with E-state index < -0.39 is 42.1 Å². The summed E-state index contributed by atoms with van der Waals surface area (Å²) in [5.41, 5.74) is -0.566. The predicted octanol–water partition coefficient (Wildman–Crippen LogP) is 2.04. The normalized spacial score (nSPS) is 11.6. The SMILES string of the molecule is C=CCN(C(=O)CNC(=O)OC(C)(C)C)C(C(=O)NCCC(=O)OCC)c1ccccc1O. The summed E-state index contributed by atoms with van der Waals surface area (Å²) in [6.07, 6.45) is 0.583. The Kier molecular flexibility index (Phi) is 10.9. The van der Waals surface area contributed by atoms with Gasteiger partial charge in [-0.3, -0.25) is 14.4 Å². The molecule has 0 aliphatic rings. The number of phenolic OH excluding ortho intramolecular Hbond substituents is 1. The van der Waals surface area contributed by atoms with Gasteiger partial charge in [0, 0.05) is 18.7 Å². The summed E-state index contributed by atoms with van der Waals surface area (Å²) in [5.74, 6) is -1.88. The molecule has 33 heavy (non-hydrogen) atoms. The highest BCUT2D eigenvalue weighted by atomic mass is 16.6. The fraction of sp³-hybridized carbons (Fsp3) is 0.478. The van der Waals surface area contributed by atoms with E-state index in [1.54, 1.807) is 39.8 Å². The largest absolute Gasteiger partial charge is 0.508 e. The van der Waals surface area contributed by atoms with Crippen LogP contribution in [0.4, 0.5) is 4.79 Å². The van der Waals surface area contributed by atoms with Gasteiger partial charge in [0.05, 0.1) is 13.0 Å². The van der Waals surface area contributed by atoms with Gasteiger partial charge in [0.25, 0.3) is 0 Å². The topological polar surface area (TPSA) is 134 Å². The Morgan fingerprint density at radius 2 is 1.85 bits per heavy atom. The molecule has 1 rings (SSSR count). The summed E-state index contributed by atoms with van der Waals surface area (Å²) in [6.45, 7) is 10.1. The van der Waals surface area contributed by atoms with Crippen LogP contribution < -0.4 is 10.6 Å². The molecule has 0 aromatic heterocycles. The van der Waals surface area contributed by atoms with E-state index in [4.69, 9.17) is 9.47 Å². The lowest BCUT2D eigenvalue weighted by Crippen LogP contribution is -2.48. The minimum Gasteiger partial charge on any atom is -0.508 e. The van der Waals surface area contributed by atoms with Crippen molar-refractivity contribution in [3.63, 3.8) is 0 Å². The summed E-state index contributed by atoms with van der Waals surface area (Å²) in [5, 5.41) is 15.3. The summed E-state index contributed by atoms with van der Waals surface area (Å²) < 4.78 is 9.97. The second-order valence-corrected chi connectivity index (χ2v) is 8.00. The Labute approximate surface area is 193 Å². The Hall–Kier alpha value is -3.56. The molecule has 0 saturated heterocycles. The Morgan fingerprint density at radius 3 is 2.42 bits per heavy atom. The number of benzene rings is 1. The molecule has 0 radical (unpaired) electrons. The van der Waals surface area contributed by atoms with Crippen LogP contribution in [0.2, 0.25) is 0 Å². The quantitative estimate of drug-likeness (QED) is 0.338. The van der Waals surface area contributed by atoms with E-state index >= 15 is 0 Å². The maximum absolute atomic E-state index is 13.1. The van der Waals surface area contributed by atoms with E-state index in [-0.39, 0.29) is 37.4 Å². The summed E-state index contributed by atoms with van der Waals surface area (Å²) >= 11 is 0. The van der Waals surface area contributed by atoms with Crippen molar-refractivity contribution in [2.45, 2.75) is 45.8 Å². The number of ether oxygens (including phenoxy) is 2. The van der Waals surface area contributed by atoms with Crippen molar-refractivity contribution in [2.75, 3.05) is 26.2 Å². The lowest BCUT2D eigenvalue weighted by molar-refractivity contribution is -0.143. The third-order valence-corrected chi connectivity index (χ3v) is 4.15. The maximum Gasteiger partial charge on any atom is 0.408 e. The first-order valence-electron chi connectivity index (χ1n) is 10.6. The lowest BCUT2D eigenvalue weighted by Gasteiger charge is -2.31. The second kappa shape index (κ2) is 13.1. The van der Waals surface area contributed by atoms with Crippen molar-refractivity contribution in [1.82, 2.24) is 15.5 Å². The Bertz CT molecular complexity index is 849. The van der Waals surface area contributed by atoms with Gasteiger partial charge in [-0.25, -0.2) is 4.79 Å². The van der Waals surface area contributed by atoms with Gasteiger partial charge in [-0.1, -0.05) is 24.3 Å². The smallest absolute Gasteiger partial charge is 0.408 e. The molecule has 182 valence electrons. The van der Waals surface area contributed by atoms with Gasteiger partial charge < -0.3 is 30.1 Å². The van der Waals surface area contributed by atoms with Crippen LogP contribution in [0.25, 0.3) is 0 Å². The number of hydrogen-bond donors (Lipinski definition) is 3. The third-order valence-electron chi connectivity index (χ3n) is 4.15. The van der Waals surface area contributed by atoms with Crippen molar-refractivity contribution in [3.05, 3.63) is 42.5 Å². The maximum atomic E-state index is 13.1. The van der Waals surface area contributed by atoms with Gasteiger partial charge in [0.1, 0.15) is 23.9 Å². The highest BCUT2D eigenvalue weighted by molar-refractivity contribution is 5.91. The molecule has 1 aromatic rings. The molecule has 3 amide bonds. The molecule has 0 heterocycles. The number of carbonyl (C=O) groups is 4. The molecular weight excluding hydrogens is 430 g/mol. The number of esters is 1. The van der Waals surface area contributed by atoms with Crippen molar-refractivity contribution in [3.8, 4) is 5.75 Å². The van der Waals surface area contributed by atoms with E-state index in [9.17, 15) is 24.3 Å². The van der Waals surface area contributed by atoms with Crippen molar-refractivity contribution in [1.29, 1.82) is 0 Å². The van der Waals surface area contributed by atoms with E-state index in [0.29, 0.717) is 0 Å². The second-order valence-electron chi connectivity index (χ2n) is 8.00. The van der Waals surface area contributed by atoms with E-state index in [1.165, 1.54) is 23.1 Å². The first kappa shape index (κ1) is 27.5. The molecule has 0 fully saturated rings. The number of nitrogens with one attached hydrogen (secondary N) is 2. The molecule has 0 spiro atoms. The zero-order chi connectivity index (χ0) is 25.0. The van der Waals surface area contributed by atoms with Gasteiger partial charge in [0.2, 0.25) is 11.8 Å². The van der Waals surface area contributed by atoms with Crippen LogP contribution in [0.5, 0.6) is 5.75 Å². The number of carbonyl (C=O) groups excluding carboxylic acids is 4. The zero-order valence-corrected chi connectivity index (χ0v) is 19.6. The van der Waals surface area contributed by atoms with Crippen LogP contribution in [0.15, 0.2) is 36.9 Å². The molecular formula is C23H33N3O7. The summed E-state index contributed by atoms with van der Waals surface area (Å²) in [4.78, 5) is 50.7. The van der Waals surface area contributed by atoms with Gasteiger partial charge in [-0.15, -0.1) is 6.58 Å².